The largest absolute Gasteiger partial charge is 0.573 e. The van der Waals surface area contributed by atoms with E-state index in [4.69, 9.17) is 0 Å². The Balaban J connectivity index is 1.61. The Bertz CT molecular complexity index is 1140. The molecule has 146 valence electrons. The third-order valence-electron chi connectivity index (χ3n) is 3.76. The summed E-state index contributed by atoms with van der Waals surface area (Å²) in [5, 5.41) is 2.33. The Morgan fingerprint density at radius 3 is 2.48 bits per heavy atom. The number of halogens is 3. The summed E-state index contributed by atoms with van der Waals surface area (Å²) in [4.78, 5) is 25.2. The fourth-order valence-corrected chi connectivity index (χ4v) is 3.32. The van der Waals surface area contributed by atoms with Crippen LogP contribution in [-0.2, 0) is 0 Å². The Kier molecular flexibility index (Phi) is 4.93. The van der Waals surface area contributed by atoms with E-state index in [-0.39, 0.29) is 11.0 Å². The van der Waals surface area contributed by atoms with Gasteiger partial charge in [-0.1, -0.05) is 6.07 Å². The number of fused-ring (bicyclic) bond motifs is 1. The van der Waals surface area contributed by atoms with Gasteiger partial charge >= 0.3 is 6.36 Å². The number of ether oxygens (including phenoxy) is 1. The minimum atomic E-state index is -4.76. The second-order valence-electron chi connectivity index (χ2n) is 5.83. The molecule has 0 unspecified atom stereocenters. The number of carbonyl (C=O) groups excluding carboxylic acids is 1. The van der Waals surface area contributed by atoms with Gasteiger partial charge in [-0.3, -0.25) is 14.8 Å². The molecule has 0 aliphatic carbocycles. The van der Waals surface area contributed by atoms with Crippen LogP contribution in [0.3, 0.4) is 0 Å². The number of benzene rings is 2. The average Bonchev–Trinajstić information content (AvgIpc) is 3.01. The molecule has 0 saturated carbocycles. The van der Waals surface area contributed by atoms with Crippen molar-refractivity contribution in [1.29, 1.82) is 0 Å². The molecule has 29 heavy (non-hydrogen) atoms. The second kappa shape index (κ2) is 7.55. The highest BCUT2D eigenvalue weighted by molar-refractivity contribution is 8.18. The zero-order valence-electron chi connectivity index (χ0n) is 14.5. The van der Waals surface area contributed by atoms with E-state index < -0.39 is 6.36 Å². The summed E-state index contributed by atoms with van der Waals surface area (Å²) in [7, 11) is 0. The molecule has 3 aromatic rings. The van der Waals surface area contributed by atoms with Crippen LogP contribution >= 0.6 is 11.8 Å². The van der Waals surface area contributed by atoms with Crippen molar-refractivity contribution in [1.82, 2.24) is 15.3 Å². The van der Waals surface area contributed by atoms with Crippen LogP contribution in [0, 0.1) is 0 Å². The predicted octanol–water partition coefficient (Wildman–Crippen LogP) is 5.06. The summed E-state index contributed by atoms with van der Waals surface area (Å²) in [6.45, 7) is 0. The molecule has 0 atom stereocenters. The lowest BCUT2D eigenvalue weighted by molar-refractivity contribution is -0.274. The van der Waals surface area contributed by atoms with Crippen LogP contribution in [0.15, 0.2) is 64.8 Å². The topological polar surface area (TPSA) is 76.5 Å². The van der Waals surface area contributed by atoms with Crippen LogP contribution in [0.1, 0.15) is 5.56 Å². The number of carbonyl (C=O) groups is 1. The van der Waals surface area contributed by atoms with Crippen molar-refractivity contribution < 1.29 is 22.7 Å². The molecule has 1 saturated heterocycles. The van der Waals surface area contributed by atoms with E-state index in [0.29, 0.717) is 21.9 Å². The van der Waals surface area contributed by atoms with E-state index in [1.54, 1.807) is 18.5 Å². The molecule has 0 radical (unpaired) electrons. The number of nitrogens with zero attached hydrogens (tertiary/aromatic N) is 3. The van der Waals surface area contributed by atoms with E-state index >= 15 is 0 Å². The Morgan fingerprint density at radius 2 is 1.76 bits per heavy atom. The molecule has 1 N–H and O–H groups in total. The number of rotatable bonds is 3. The number of alkyl halides is 3. The number of amides is 1. The van der Waals surface area contributed by atoms with E-state index in [2.05, 4.69) is 25.0 Å². The highest BCUT2D eigenvalue weighted by Crippen LogP contribution is 2.30. The summed E-state index contributed by atoms with van der Waals surface area (Å²) in [5.41, 5.74) is 2.63. The minimum Gasteiger partial charge on any atom is -0.406 e. The number of hydrogen-bond acceptors (Lipinski definition) is 6. The number of nitrogens with one attached hydrogen (secondary N) is 1. The first-order valence-electron chi connectivity index (χ1n) is 8.22. The van der Waals surface area contributed by atoms with Crippen molar-refractivity contribution in [2.24, 2.45) is 4.99 Å². The molecule has 10 heteroatoms. The molecule has 2 aromatic carbocycles. The Labute approximate surface area is 166 Å². The normalized spacial score (nSPS) is 17.1. The average molecular weight is 416 g/mol. The van der Waals surface area contributed by atoms with Crippen molar-refractivity contribution in [2.45, 2.75) is 6.36 Å². The molecule has 1 fully saturated rings. The van der Waals surface area contributed by atoms with Crippen molar-refractivity contribution in [2.75, 3.05) is 0 Å². The van der Waals surface area contributed by atoms with E-state index in [1.807, 2.05) is 18.2 Å². The summed E-state index contributed by atoms with van der Waals surface area (Å²) >= 11 is 0.975. The first kappa shape index (κ1) is 18.9. The third kappa shape index (κ3) is 4.72. The van der Waals surface area contributed by atoms with Crippen molar-refractivity contribution in [3.8, 4) is 5.75 Å². The van der Waals surface area contributed by atoms with Gasteiger partial charge in [0.15, 0.2) is 0 Å². The van der Waals surface area contributed by atoms with Crippen LogP contribution in [0.2, 0.25) is 0 Å². The van der Waals surface area contributed by atoms with Crippen molar-refractivity contribution >= 4 is 45.6 Å². The van der Waals surface area contributed by atoms with Gasteiger partial charge in [0.1, 0.15) is 11.6 Å². The van der Waals surface area contributed by atoms with Gasteiger partial charge in [-0.2, -0.15) is 0 Å². The van der Waals surface area contributed by atoms with E-state index in [1.165, 1.54) is 12.1 Å². The fraction of sp³-hybridized carbons (Fsp3) is 0.0526. The third-order valence-corrected chi connectivity index (χ3v) is 4.58. The lowest BCUT2D eigenvalue weighted by atomic mass is 10.1. The van der Waals surface area contributed by atoms with E-state index in [9.17, 15) is 18.0 Å². The van der Waals surface area contributed by atoms with Crippen molar-refractivity contribution in [3.63, 3.8) is 0 Å². The molecule has 0 spiro atoms. The van der Waals surface area contributed by atoms with Crippen LogP contribution in [0.25, 0.3) is 17.1 Å². The lowest BCUT2D eigenvalue weighted by Crippen LogP contribution is -2.18. The first-order chi connectivity index (χ1) is 13.9. The van der Waals surface area contributed by atoms with Crippen LogP contribution < -0.4 is 10.1 Å². The molecule has 1 amide bonds. The number of hydrogen-bond donors (Lipinski definition) is 1. The number of aromatic nitrogens is 2. The summed E-state index contributed by atoms with van der Waals surface area (Å²) in [5.74, 6) is -0.0388. The Hall–Kier alpha value is -3.40. The van der Waals surface area contributed by atoms with Gasteiger partial charge in [0.2, 0.25) is 0 Å². The molecular weight excluding hydrogens is 405 g/mol. The molecule has 0 bridgehead atoms. The zero-order chi connectivity index (χ0) is 20.4. The minimum absolute atomic E-state index is 0.299. The van der Waals surface area contributed by atoms with Gasteiger partial charge in [0.05, 0.1) is 21.6 Å². The summed E-state index contributed by atoms with van der Waals surface area (Å²) < 4.78 is 40.6. The summed E-state index contributed by atoms with van der Waals surface area (Å²) in [6, 6.07) is 10.5. The van der Waals surface area contributed by atoms with E-state index in [0.717, 1.165) is 35.0 Å². The molecule has 6 nitrogen and oxygen atoms in total. The van der Waals surface area contributed by atoms with Crippen LogP contribution in [0.5, 0.6) is 5.75 Å². The van der Waals surface area contributed by atoms with Crippen LogP contribution in [0.4, 0.5) is 23.7 Å². The maximum absolute atomic E-state index is 12.3. The molecule has 4 rings (SSSR count). The van der Waals surface area contributed by atoms with Crippen molar-refractivity contribution in [3.05, 3.63) is 65.3 Å². The molecule has 1 aliphatic heterocycles. The van der Waals surface area contributed by atoms with Gasteiger partial charge in [-0.05, 0) is 59.8 Å². The highest BCUT2D eigenvalue weighted by atomic mass is 32.2. The molecule has 1 aliphatic rings. The van der Waals surface area contributed by atoms with Gasteiger partial charge < -0.3 is 10.1 Å². The van der Waals surface area contributed by atoms with Gasteiger partial charge in [-0.25, -0.2) is 4.99 Å². The lowest BCUT2D eigenvalue weighted by Gasteiger charge is -2.08. The fourth-order valence-electron chi connectivity index (χ4n) is 2.59. The predicted molar refractivity (Wildman–Crippen MR) is 104 cm³/mol. The van der Waals surface area contributed by atoms with Crippen LogP contribution in [-0.4, -0.2) is 27.4 Å². The molecule has 2 heterocycles. The second-order valence-corrected chi connectivity index (χ2v) is 6.84. The number of aliphatic imine (C=N–C) groups is 1. The standard InChI is InChI=1S/C19H11F3N4O2S/c20-19(21,22)28-13-4-2-12(3-5-13)25-17-16(29-18(27)26-17)10-11-1-6-14-15(9-11)24-8-7-23-14/h1-10H,(H,25,26,27)/b16-10-. The maximum Gasteiger partial charge on any atom is 0.573 e. The quantitative estimate of drug-likeness (QED) is 0.646. The van der Waals surface area contributed by atoms with Gasteiger partial charge in [-0.15, -0.1) is 13.2 Å². The monoisotopic (exact) mass is 416 g/mol. The SMILES string of the molecule is O=C1NC(=Nc2ccc(OC(F)(F)F)cc2)/C(=C/c2ccc3nccnc3c2)S1. The highest BCUT2D eigenvalue weighted by Gasteiger charge is 2.31. The number of amidine groups is 1. The molecule has 1 aromatic heterocycles. The zero-order valence-corrected chi connectivity index (χ0v) is 15.3. The van der Waals surface area contributed by atoms with Gasteiger partial charge in [0, 0.05) is 12.4 Å². The number of thioether (sulfide) groups is 1. The Morgan fingerprint density at radius 1 is 1.03 bits per heavy atom. The first-order valence-corrected chi connectivity index (χ1v) is 9.03. The molecular formula is C19H11F3N4O2S. The van der Waals surface area contributed by atoms with Gasteiger partial charge in [0.25, 0.3) is 5.24 Å². The smallest absolute Gasteiger partial charge is 0.406 e. The maximum atomic E-state index is 12.3. The summed E-state index contributed by atoms with van der Waals surface area (Å²) in [6.07, 6.45) is 0.208.